The van der Waals surface area contributed by atoms with Gasteiger partial charge in [-0.05, 0) is 24.1 Å². The third-order valence-electron chi connectivity index (χ3n) is 4.99. The number of hydrogen-bond acceptors (Lipinski definition) is 6. The number of nitrogens with zero attached hydrogens (tertiary/aromatic N) is 5. The first-order valence-electron chi connectivity index (χ1n) is 9.25. The predicted molar refractivity (Wildman–Crippen MR) is 107 cm³/mol. The van der Waals surface area contributed by atoms with Gasteiger partial charge >= 0.3 is 0 Å². The van der Waals surface area contributed by atoms with Crippen molar-refractivity contribution in [3.8, 4) is 11.1 Å². The van der Waals surface area contributed by atoms with Gasteiger partial charge in [0.15, 0.2) is 0 Å². The number of benzene rings is 1. The number of nitrogens with one attached hydrogen (secondary N) is 1. The quantitative estimate of drug-likeness (QED) is 0.521. The standard InChI is InChI=1S/C20H21F2N7/c1-28-10-14(9-27-28)13-3-4-16(23)15(7-13)19(24)17-8-18(26-12-25-17)29-6-2-5-20(21,22)11-29/h3-4,7-10,12,24H,2,5-6,11,23H2,1H3. The van der Waals surface area contributed by atoms with Crippen molar-refractivity contribution in [1.82, 2.24) is 19.7 Å². The fourth-order valence-electron chi connectivity index (χ4n) is 3.48. The Bertz CT molecular complexity index is 1060. The summed E-state index contributed by atoms with van der Waals surface area (Å²) < 4.78 is 29.2. The van der Waals surface area contributed by atoms with Crippen molar-refractivity contribution in [2.75, 3.05) is 23.7 Å². The molecule has 9 heteroatoms. The van der Waals surface area contributed by atoms with E-state index in [2.05, 4.69) is 15.1 Å². The lowest BCUT2D eigenvalue weighted by Crippen LogP contribution is -2.43. The van der Waals surface area contributed by atoms with Crippen LogP contribution in [-0.4, -0.2) is 44.5 Å². The van der Waals surface area contributed by atoms with Gasteiger partial charge in [0.2, 0.25) is 0 Å². The van der Waals surface area contributed by atoms with E-state index in [9.17, 15) is 8.78 Å². The van der Waals surface area contributed by atoms with Crippen LogP contribution in [0.25, 0.3) is 11.1 Å². The Kier molecular flexibility index (Phi) is 4.73. The van der Waals surface area contributed by atoms with E-state index in [1.807, 2.05) is 25.4 Å². The van der Waals surface area contributed by atoms with Crippen molar-refractivity contribution in [3.05, 3.63) is 54.2 Å². The zero-order valence-corrected chi connectivity index (χ0v) is 15.9. The first-order valence-corrected chi connectivity index (χ1v) is 9.25. The fraction of sp³-hybridized carbons (Fsp3) is 0.300. The van der Waals surface area contributed by atoms with E-state index in [4.69, 9.17) is 11.1 Å². The molecule has 3 aromatic rings. The maximum Gasteiger partial charge on any atom is 0.265 e. The van der Waals surface area contributed by atoms with Crippen LogP contribution in [0, 0.1) is 5.41 Å². The highest BCUT2D eigenvalue weighted by Crippen LogP contribution is 2.30. The normalized spacial score (nSPS) is 16.0. The van der Waals surface area contributed by atoms with Gasteiger partial charge in [-0.1, -0.05) is 6.07 Å². The van der Waals surface area contributed by atoms with Crippen LogP contribution in [0.1, 0.15) is 24.1 Å². The Balaban J connectivity index is 1.65. The van der Waals surface area contributed by atoms with Crippen molar-refractivity contribution >= 4 is 17.2 Å². The van der Waals surface area contributed by atoms with Crippen LogP contribution in [0.5, 0.6) is 0 Å². The summed E-state index contributed by atoms with van der Waals surface area (Å²) in [6.45, 7) is 0.118. The van der Waals surface area contributed by atoms with Gasteiger partial charge in [0.25, 0.3) is 5.92 Å². The molecule has 0 amide bonds. The van der Waals surface area contributed by atoms with E-state index < -0.39 is 5.92 Å². The average Bonchev–Trinajstić information content (AvgIpc) is 3.13. The number of anilines is 2. The van der Waals surface area contributed by atoms with Gasteiger partial charge < -0.3 is 10.6 Å². The Morgan fingerprint density at radius 3 is 2.76 bits per heavy atom. The van der Waals surface area contributed by atoms with Crippen LogP contribution < -0.4 is 10.6 Å². The van der Waals surface area contributed by atoms with Gasteiger partial charge in [0, 0.05) is 49.1 Å². The largest absolute Gasteiger partial charge is 0.398 e. The van der Waals surface area contributed by atoms with Crippen LogP contribution in [0.15, 0.2) is 43.0 Å². The molecule has 4 rings (SSSR count). The molecule has 0 unspecified atom stereocenters. The molecular weight excluding hydrogens is 376 g/mol. The molecule has 3 heterocycles. The van der Waals surface area contributed by atoms with Gasteiger partial charge in [-0.3, -0.25) is 10.1 Å². The number of nitrogen functional groups attached to an aromatic ring is 1. The van der Waals surface area contributed by atoms with Gasteiger partial charge in [-0.25, -0.2) is 18.7 Å². The second-order valence-electron chi connectivity index (χ2n) is 7.22. The molecule has 1 aliphatic heterocycles. The third-order valence-corrected chi connectivity index (χ3v) is 4.99. The number of rotatable bonds is 4. The highest BCUT2D eigenvalue weighted by atomic mass is 19.3. The average molecular weight is 397 g/mol. The lowest BCUT2D eigenvalue weighted by Gasteiger charge is -2.33. The molecule has 0 aliphatic carbocycles. The van der Waals surface area contributed by atoms with Gasteiger partial charge in [-0.2, -0.15) is 5.10 Å². The van der Waals surface area contributed by atoms with E-state index in [0.717, 1.165) is 11.1 Å². The molecule has 1 fully saturated rings. The molecule has 2 aromatic heterocycles. The summed E-state index contributed by atoms with van der Waals surface area (Å²) in [6.07, 6.45) is 5.18. The van der Waals surface area contributed by atoms with Crippen LogP contribution in [0.2, 0.25) is 0 Å². The van der Waals surface area contributed by atoms with Crippen molar-refractivity contribution in [3.63, 3.8) is 0 Å². The second kappa shape index (κ2) is 7.23. The van der Waals surface area contributed by atoms with Crippen molar-refractivity contribution in [1.29, 1.82) is 5.41 Å². The van der Waals surface area contributed by atoms with E-state index in [-0.39, 0.29) is 18.7 Å². The van der Waals surface area contributed by atoms with Crippen LogP contribution in [0.4, 0.5) is 20.3 Å². The minimum absolute atomic E-state index is 0.112. The predicted octanol–water partition coefficient (Wildman–Crippen LogP) is 3.11. The Hall–Kier alpha value is -3.36. The number of halogens is 2. The molecule has 1 aromatic carbocycles. The SMILES string of the molecule is Cn1cc(-c2ccc(N)c(C(=N)c3cc(N4CCCC(F)(F)C4)ncn3)c2)cn1. The number of hydrogen-bond donors (Lipinski definition) is 2. The maximum absolute atomic E-state index is 13.8. The van der Waals surface area contributed by atoms with Crippen LogP contribution in [-0.2, 0) is 7.05 Å². The number of nitrogens with two attached hydrogens (primary N) is 1. The number of aromatic nitrogens is 4. The third kappa shape index (κ3) is 3.94. The van der Waals surface area contributed by atoms with Crippen molar-refractivity contribution in [2.24, 2.45) is 7.05 Å². The summed E-state index contributed by atoms with van der Waals surface area (Å²) in [5, 5.41) is 12.8. The van der Waals surface area contributed by atoms with Gasteiger partial charge in [-0.15, -0.1) is 0 Å². The number of piperidine rings is 1. The monoisotopic (exact) mass is 397 g/mol. The molecule has 1 aliphatic rings. The van der Waals surface area contributed by atoms with E-state index in [1.165, 1.54) is 11.2 Å². The summed E-state index contributed by atoms with van der Waals surface area (Å²) in [5.41, 5.74) is 9.28. The molecule has 29 heavy (non-hydrogen) atoms. The summed E-state index contributed by atoms with van der Waals surface area (Å²) in [5.74, 6) is -2.35. The molecule has 7 nitrogen and oxygen atoms in total. The molecule has 0 bridgehead atoms. The number of aryl methyl sites for hydroxylation is 1. The lowest BCUT2D eigenvalue weighted by molar-refractivity contribution is -0.0118. The van der Waals surface area contributed by atoms with Gasteiger partial charge in [0.1, 0.15) is 12.1 Å². The lowest BCUT2D eigenvalue weighted by atomic mass is 9.99. The first kappa shape index (κ1) is 19.0. The smallest absolute Gasteiger partial charge is 0.265 e. The summed E-state index contributed by atoms with van der Waals surface area (Å²) in [7, 11) is 1.83. The molecule has 1 saturated heterocycles. The Morgan fingerprint density at radius 2 is 2.03 bits per heavy atom. The minimum Gasteiger partial charge on any atom is -0.398 e. The molecular formula is C20H21F2N7. The zero-order valence-electron chi connectivity index (χ0n) is 15.9. The van der Waals surface area contributed by atoms with E-state index in [0.29, 0.717) is 35.7 Å². The minimum atomic E-state index is -2.74. The summed E-state index contributed by atoms with van der Waals surface area (Å²) >= 11 is 0. The molecule has 0 atom stereocenters. The molecule has 150 valence electrons. The fourth-order valence-corrected chi connectivity index (χ4v) is 3.48. The van der Waals surface area contributed by atoms with E-state index >= 15 is 0 Å². The summed E-state index contributed by atoms with van der Waals surface area (Å²) in [6, 6.07) is 6.98. The van der Waals surface area contributed by atoms with Crippen molar-refractivity contribution < 1.29 is 8.78 Å². The maximum atomic E-state index is 13.8. The highest BCUT2D eigenvalue weighted by molar-refractivity contribution is 6.13. The highest BCUT2D eigenvalue weighted by Gasteiger charge is 2.35. The zero-order chi connectivity index (χ0) is 20.6. The van der Waals surface area contributed by atoms with E-state index in [1.54, 1.807) is 23.0 Å². The second-order valence-corrected chi connectivity index (χ2v) is 7.22. The number of alkyl halides is 2. The molecule has 0 radical (unpaired) electrons. The Morgan fingerprint density at radius 1 is 1.21 bits per heavy atom. The van der Waals surface area contributed by atoms with Crippen LogP contribution >= 0.6 is 0 Å². The summed E-state index contributed by atoms with van der Waals surface area (Å²) in [4.78, 5) is 9.85. The molecule has 3 N–H and O–H groups in total. The first-order chi connectivity index (χ1) is 13.8. The van der Waals surface area contributed by atoms with Crippen molar-refractivity contribution in [2.45, 2.75) is 18.8 Å². The molecule has 0 saturated carbocycles. The Labute approximate surface area is 166 Å². The van der Waals surface area contributed by atoms with Crippen LogP contribution in [0.3, 0.4) is 0 Å². The topological polar surface area (TPSA) is 96.7 Å². The molecule has 0 spiro atoms. The van der Waals surface area contributed by atoms with Gasteiger partial charge in [0.05, 0.1) is 24.1 Å².